The van der Waals surface area contributed by atoms with Gasteiger partial charge in [0.15, 0.2) is 10.3 Å². The smallest absolute Gasteiger partial charge is 0.228 e. The van der Waals surface area contributed by atoms with Crippen molar-refractivity contribution in [2.24, 2.45) is 0 Å². The molecule has 3 rings (SSSR count). The average molecular weight is 356 g/mol. The third-order valence-corrected chi connectivity index (χ3v) is 3.84. The normalized spacial score (nSPS) is 14.7. The van der Waals surface area contributed by atoms with Crippen LogP contribution in [0.3, 0.4) is 0 Å². The Morgan fingerprint density at radius 2 is 1.74 bits per heavy atom. The zero-order valence-corrected chi connectivity index (χ0v) is 14.0. The van der Waals surface area contributed by atoms with E-state index in [4.69, 9.17) is 37.4 Å². The first kappa shape index (κ1) is 16.1. The molecule has 1 aliphatic heterocycles. The van der Waals surface area contributed by atoms with E-state index >= 15 is 0 Å². The average Bonchev–Trinajstić information content (AvgIpc) is 2.59. The van der Waals surface area contributed by atoms with E-state index in [9.17, 15) is 0 Å². The van der Waals surface area contributed by atoms with Crippen LogP contribution >= 0.6 is 23.2 Å². The summed E-state index contributed by atoms with van der Waals surface area (Å²) in [7, 11) is 1.58. The molecule has 6 nitrogen and oxygen atoms in total. The van der Waals surface area contributed by atoms with E-state index < -0.39 is 0 Å². The van der Waals surface area contributed by atoms with Crippen molar-refractivity contribution in [3.8, 4) is 17.2 Å². The number of aromatic nitrogens is 2. The molecule has 2 aromatic rings. The molecule has 0 saturated carbocycles. The molecule has 8 heteroatoms. The largest absolute Gasteiger partial charge is 0.497 e. The minimum atomic E-state index is 0.161. The summed E-state index contributed by atoms with van der Waals surface area (Å²) in [5, 5.41) is 0.323. The van der Waals surface area contributed by atoms with Gasteiger partial charge in [-0.25, -0.2) is 0 Å². The zero-order valence-electron chi connectivity index (χ0n) is 12.5. The highest BCUT2D eigenvalue weighted by atomic mass is 35.5. The van der Waals surface area contributed by atoms with E-state index in [1.807, 2.05) is 11.0 Å². The Hall–Kier alpha value is -1.76. The lowest BCUT2D eigenvalue weighted by Crippen LogP contribution is -2.37. The lowest BCUT2D eigenvalue weighted by Gasteiger charge is -2.27. The van der Waals surface area contributed by atoms with E-state index in [2.05, 4.69) is 9.97 Å². The van der Waals surface area contributed by atoms with Crippen LogP contribution in [0.4, 0.5) is 5.95 Å². The van der Waals surface area contributed by atoms with Gasteiger partial charge in [-0.2, -0.15) is 9.97 Å². The predicted molar refractivity (Wildman–Crippen MR) is 88.2 cm³/mol. The van der Waals surface area contributed by atoms with Crippen LogP contribution in [-0.2, 0) is 4.74 Å². The lowest BCUT2D eigenvalue weighted by atomic mass is 10.3. The van der Waals surface area contributed by atoms with Crippen molar-refractivity contribution in [2.45, 2.75) is 0 Å². The van der Waals surface area contributed by atoms with Crippen molar-refractivity contribution in [3.05, 3.63) is 34.6 Å². The number of halogens is 2. The summed E-state index contributed by atoms with van der Waals surface area (Å²) in [6.45, 7) is 2.65. The van der Waals surface area contributed by atoms with Gasteiger partial charge >= 0.3 is 0 Å². The zero-order chi connectivity index (χ0) is 16.2. The Kier molecular flexibility index (Phi) is 5.05. The Morgan fingerprint density at radius 1 is 1.09 bits per heavy atom. The summed E-state index contributed by atoms with van der Waals surface area (Å²) >= 11 is 12.5. The molecule has 0 aliphatic carbocycles. The first-order valence-corrected chi connectivity index (χ1v) is 7.80. The van der Waals surface area contributed by atoms with E-state index in [1.54, 1.807) is 25.3 Å². The van der Waals surface area contributed by atoms with Crippen molar-refractivity contribution in [3.63, 3.8) is 0 Å². The number of benzene rings is 1. The fraction of sp³-hybridized carbons (Fsp3) is 0.333. The van der Waals surface area contributed by atoms with Crippen LogP contribution in [0.1, 0.15) is 0 Å². The third kappa shape index (κ3) is 3.77. The summed E-state index contributed by atoms with van der Waals surface area (Å²) in [4.78, 5) is 10.5. The highest BCUT2D eigenvalue weighted by Crippen LogP contribution is 2.36. The molecule has 0 atom stereocenters. The Balaban J connectivity index is 1.84. The van der Waals surface area contributed by atoms with Gasteiger partial charge in [-0.3, -0.25) is 0 Å². The van der Waals surface area contributed by atoms with Gasteiger partial charge < -0.3 is 19.1 Å². The summed E-state index contributed by atoms with van der Waals surface area (Å²) in [5.41, 5.74) is 0. The minimum Gasteiger partial charge on any atom is -0.497 e. The van der Waals surface area contributed by atoms with Crippen LogP contribution in [0.15, 0.2) is 24.3 Å². The van der Waals surface area contributed by atoms with Crippen LogP contribution in [-0.4, -0.2) is 43.4 Å². The fourth-order valence-corrected chi connectivity index (χ4v) is 2.61. The molecule has 1 aliphatic rings. The van der Waals surface area contributed by atoms with Gasteiger partial charge in [0.1, 0.15) is 11.5 Å². The standard InChI is InChI=1S/C15H15Cl2N3O3/c1-21-10-3-2-4-11(9-10)23-12-13(16)18-15(19-14(12)17)20-5-7-22-8-6-20/h2-4,9H,5-8H2,1H3. The Morgan fingerprint density at radius 3 is 2.39 bits per heavy atom. The first-order valence-electron chi connectivity index (χ1n) is 7.05. The minimum absolute atomic E-state index is 0.161. The second-order valence-electron chi connectivity index (χ2n) is 4.81. The highest BCUT2D eigenvalue weighted by molar-refractivity contribution is 6.35. The molecular formula is C15H15Cl2N3O3. The van der Waals surface area contributed by atoms with Crippen LogP contribution < -0.4 is 14.4 Å². The molecular weight excluding hydrogens is 341 g/mol. The molecule has 0 N–H and O–H groups in total. The number of rotatable bonds is 4. The van der Waals surface area contributed by atoms with Crippen LogP contribution in [0.5, 0.6) is 17.2 Å². The Labute approximate surface area is 143 Å². The fourth-order valence-electron chi connectivity index (χ4n) is 2.16. The molecule has 1 fully saturated rings. The molecule has 0 radical (unpaired) electrons. The maximum Gasteiger partial charge on any atom is 0.228 e. The SMILES string of the molecule is COc1cccc(Oc2c(Cl)nc(N3CCOCC3)nc2Cl)c1. The monoisotopic (exact) mass is 355 g/mol. The van der Waals surface area contributed by atoms with Gasteiger partial charge in [0.05, 0.1) is 20.3 Å². The van der Waals surface area contributed by atoms with Gasteiger partial charge in [0, 0.05) is 19.2 Å². The number of morpholine rings is 1. The van der Waals surface area contributed by atoms with Gasteiger partial charge in [-0.05, 0) is 12.1 Å². The predicted octanol–water partition coefficient (Wildman–Crippen LogP) is 3.42. The van der Waals surface area contributed by atoms with E-state index in [-0.39, 0.29) is 16.1 Å². The number of hydrogen-bond donors (Lipinski definition) is 0. The van der Waals surface area contributed by atoms with Crippen LogP contribution in [0, 0.1) is 0 Å². The van der Waals surface area contributed by atoms with E-state index in [0.29, 0.717) is 43.8 Å². The van der Waals surface area contributed by atoms with E-state index in [0.717, 1.165) is 0 Å². The second kappa shape index (κ2) is 7.21. The quantitative estimate of drug-likeness (QED) is 0.783. The maximum atomic E-state index is 6.23. The summed E-state index contributed by atoms with van der Waals surface area (Å²) < 4.78 is 16.2. The topological polar surface area (TPSA) is 56.7 Å². The number of methoxy groups -OCH3 is 1. The molecule has 1 aromatic heterocycles. The van der Waals surface area contributed by atoms with Crippen LogP contribution in [0.2, 0.25) is 10.3 Å². The number of nitrogens with zero attached hydrogens (tertiary/aromatic N) is 3. The van der Waals surface area contributed by atoms with Gasteiger partial charge in [0.25, 0.3) is 0 Å². The highest BCUT2D eigenvalue weighted by Gasteiger charge is 2.19. The molecule has 0 amide bonds. The van der Waals surface area contributed by atoms with E-state index in [1.165, 1.54) is 0 Å². The molecule has 23 heavy (non-hydrogen) atoms. The molecule has 0 unspecified atom stereocenters. The lowest BCUT2D eigenvalue weighted by molar-refractivity contribution is 0.122. The molecule has 0 bridgehead atoms. The second-order valence-corrected chi connectivity index (χ2v) is 5.53. The number of ether oxygens (including phenoxy) is 3. The maximum absolute atomic E-state index is 6.23. The van der Waals surface area contributed by atoms with Crippen LogP contribution in [0.25, 0.3) is 0 Å². The third-order valence-electron chi connectivity index (χ3n) is 3.33. The molecule has 1 saturated heterocycles. The van der Waals surface area contributed by atoms with Gasteiger partial charge in [-0.1, -0.05) is 29.3 Å². The molecule has 2 heterocycles. The van der Waals surface area contributed by atoms with Crippen molar-refractivity contribution >= 4 is 29.2 Å². The summed E-state index contributed by atoms with van der Waals surface area (Å²) in [5.74, 6) is 1.90. The number of anilines is 1. The van der Waals surface area contributed by atoms with Gasteiger partial charge in [-0.15, -0.1) is 0 Å². The summed E-state index contributed by atoms with van der Waals surface area (Å²) in [6.07, 6.45) is 0. The summed E-state index contributed by atoms with van der Waals surface area (Å²) in [6, 6.07) is 7.11. The number of hydrogen-bond acceptors (Lipinski definition) is 6. The van der Waals surface area contributed by atoms with Gasteiger partial charge in [0.2, 0.25) is 11.7 Å². The van der Waals surface area contributed by atoms with Crippen molar-refractivity contribution in [1.29, 1.82) is 0 Å². The molecule has 122 valence electrons. The van der Waals surface area contributed by atoms with Crippen molar-refractivity contribution in [1.82, 2.24) is 9.97 Å². The first-order chi connectivity index (χ1) is 11.2. The Bertz CT molecular complexity index is 670. The molecule has 0 spiro atoms. The molecule has 1 aromatic carbocycles. The van der Waals surface area contributed by atoms with Crippen molar-refractivity contribution < 1.29 is 14.2 Å². The van der Waals surface area contributed by atoms with Crippen molar-refractivity contribution in [2.75, 3.05) is 38.3 Å².